The van der Waals surface area contributed by atoms with Crippen molar-refractivity contribution < 1.29 is 9.53 Å². The topological polar surface area (TPSA) is 38.3 Å². The molecule has 0 aliphatic heterocycles. The first-order chi connectivity index (χ1) is 9.70. The van der Waals surface area contributed by atoms with Crippen LogP contribution >= 0.6 is 0 Å². The van der Waals surface area contributed by atoms with Crippen molar-refractivity contribution in [3.05, 3.63) is 35.9 Å². The summed E-state index contributed by atoms with van der Waals surface area (Å²) < 4.78 is 5.10. The Kier molecular flexibility index (Phi) is 5.60. The Morgan fingerprint density at radius 2 is 2.05 bits per heavy atom. The van der Waals surface area contributed by atoms with Gasteiger partial charge in [0.15, 0.2) is 0 Å². The molecule has 3 nitrogen and oxygen atoms in total. The number of hydrogen-bond donors (Lipinski definition) is 1. The van der Waals surface area contributed by atoms with Crippen LogP contribution in [-0.2, 0) is 9.53 Å². The molecule has 0 spiro atoms. The maximum Gasteiger partial charge on any atom is 0.307 e. The third-order valence-corrected chi connectivity index (χ3v) is 4.17. The minimum absolute atomic E-state index is 0.0860. The average molecular weight is 275 g/mol. The highest BCUT2D eigenvalue weighted by molar-refractivity contribution is 5.70. The van der Waals surface area contributed by atoms with E-state index in [0.29, 0.717) is 18.9 Å². The normalized spacial score (nSPS) is 18.1. The summed E-state index contributed by atoms with van der Waals surface area (Å²) in [6, 6.07) is 10.9. The molecule has 0 aromatic heterocycles. The summed E-state index contributed by atoms with van der Waals surface area (Å²) in [5.74, 6) is 0.530. The second-order valence-corrected chi connectivity index (χ2v) is 5.61. The smallest absolute Gasteiger partial charge is 0.307 e. The maximum absolute atomic E-state index is 11.8. The van der Waals surface area contributed by atoms with Gasteiger partial charge in [0.05, 0.1) is 13.0 Å². The Morgan fingerprint density at radius 1 is 1.35 bits per heavy atom. The van der Waals surface area contributed by atoms with Gasteiger partial charge in [-0.3, -0.25) is 4.79 Å². The summed E-state index contributed by atoms with van der Waals surface area (Å²) in [5.41, 5.74) is 1.26. The molecule has 0 radical (unpaired) electrons. The maximum atomic E-state index is 11.8. The fraction of sp³-hybridized carbons (Fsp3) is 0.588. The van der Waals surface area contributed by atoms with Crippen LogP contribution in [0.3, 0.4) is 0 Å². The first-order valence-corrected chi connectivity index (χ1v) is 7.67. The molecule has 2 atom stereocenters. The minimum Gasteiger partial charge on any atom is -0.466 e. The summed E-state index contributed by atoms with van der Waals surface area (Å²) >= 11 is 0. The van der Waals surface area contributed by atoms with E-state index in [1.807, 2.05) is 13.0 Å². The molecule has 0 amide bonds. The fourth-order valence-corrected chi connectivity index (χ4v) is 2.76. The number of hydrogen-bond acceptors (Lipinski definition) is 3. The lowest BCUT2D eigenvalue weighted by atomic mass is 9.78. The van der Waals surface area contributed by atoms with Gasteiger partial charge in [0.1, 0.15) is 0 Å². The molecule has 110 valence electrons. The van der Waals surface area contributed by atoms with Gasteiger partial charge in [-0.15, -0.1) is 0 Å². The van der Waals surface area contributed by atoms with Gasteiger partial charge in [0, 0.05) is 12.1 Å². The lowest BCUT2D eigenvalue weighted by Gasteiger charge is -2.35. The number of rotatable bonds is 7. The Balaban J connectivity index is 1.94. The van der Waals surface area contributed by atoms with E-state index in [-0.39, 0.29) is 18.1 Å². The van der Waals surface area contributed by atoms with E-state index in [2.05, 4.69) is 36.5 Å². The molecule has 1 aromatic carbocycles. The van der Waals surface area contributed by atoms with E-state index in [1.54, 1.807) is 0 Å². The van der Waals surface area contributed by atoms with Crippen LogP contribution in [0.1, 0.15) is 51.1 Å². The highest BCUT2D eigenvalue weighted by Gasteiger charge is 2.30. The van der Waals surface area contributed by atoms with Crippen molar-refractivity contribution in [3.63, 3.8) is 0 Å². The van der Waals surface area contributed by atoms with Crippen molar-refractivity contribution in [2.45, 2.75) is 51.6 Å². The third-order valence-electron chi connectivity index (χ3n) is 4.17. The first kappa shape index (κ1) is 15.0. The van der Waals surface area contributed by atoms with Crippen molar-refractivity contribution >= 4 is 5.97 Å². The van der Waals surface area contributed by atoms with Gasteiger partial charge in [-0.2, -0.15) is 0 Å². The second kappa shape index (κ2) is 7.44. The predicted octanol–water partition coefficient (Wildman–Crippen LogP) is 3.46. The van der Waals surface area contributed by atoms with Gasteiger partial charge >= 0.3 is 5.97 Å². The molecule has 1 aliphatic rings. The van der Waals surface area contributed by atoms with E-state index in [9.17, 15) is 4.79 Å². The van der Waals surface area contributed by atoms with Crippen LogP contribution in [0.25, 0.3) is 0 Å². The zero-order valence-corrected chi connectivity index (χ0v) is 12.5. The summed E-state index contributed by atoms with van der Waals surface area (Å²) in [6.45, 7) is 4.48. The largest absolute Gasteiger partial charge is 0.466 e. The molecule has 1 saturated carbocycles. The number of esters is 1. The van der Waals surface area contributed by atoms with Crippen LogP contribution < -0.4 is 5.32 Å². The van der Waals surface area contributed by atoms with Gasteiger partial charge in [-0.25, -0.2) is 0 Å². The van der Waals surface area contributed by atoms with E-state index in [4.69, 9.17) is 4.74 Å². The molecule has 1 aliphatic carbocycles. The SMILES string of the molecule is CCOC(=O)CC(NC(C)c1ccccc1)C1CCC1. The summed E-state index contributed by atoms with van der Waals surface area (Å²) in [5, 5.41) is 3.62. The molecule has 0 bridgehead atoms. The molecular formula is C17H25NO2. The highest BCUT2D eigenvalue weighted by Crippen LogP contribution is 2.32. The first-order valence-electron chi connectivity index (χ1n) is 7.67. The Bertz CT molecular complexity index is 414. The lowest BCUT2D eigenvalue weighted by Crippen LogP contribution is -2.42. The number of benzene rings is 1. The molecule has 0 heterocycles. The summed E-state index contributed by atoms with van der Waals surface area (Å²) in [4.78, 5) is 11.8. The van der Waals surface area contributed by atoms with Crippen molar-refractivity contribution in [2.75, 3.05) is 6.61 Å². The summed E-state index contributed by atoms with van der Waals surface area (Å²) in [6.07, 6.45) is 4.21. The van der Waals surface area contributed by atoms with Crippen molar-refractivity contribution in [2.24, 2.45) is 5.92 Å². The van der Waals surface area contributed by atoms with Crippen LogP contribution in [0, 0.1) is 5.92 Å². The molecule has 0 saturated heterocycles. The molecule has 2 unspecified atom stereocenters. The number of nitrogens with one attached hydrogen (secondary N) is 1. The van der Waals surface area contributed by atoms with Crippen molar-refractivity contribution in [3.8, 4) is 0 Å². The fourth-order valence-electron chi connectivity index (χ4n) is 2.76. The second-order valence-electron chi connectivity index (χ2n) is 5.61. The third kappa shape index (κ3) is 4.07. The molecule has 3 heteroatoms. The molecule has 2 rings (SSSR count). The van der Waals surface area contributed by atoms with E-state index in [1.165, 1.54) is 24.8 Å². The molecule has 20 heavy (non-hydrogen) atoms. The van der Waals surface area contributed by atoms with E-state index < -0.39 is 0 Å². The molecule has 1 fully saturated rings. The van der Waals surface area contributed by atoms with Gasteiger partial charge in [0.25, 0.3) is 0 Å². The average Bonchev–Trinajstić information content (AvgIpc) is 2.37. The Hall–Kier alpha value is -1.35. The van der Waals surface area contributed by atoms with Crippen LogP contribution in [0.4, 0.5) is 0 Å². The number of ether oxygens (including phenoxy) is 1. The van der Waals surface area contributed by atoms with E-state index in [0.717, 1.165) is 0 Å². The Morgan fingerprint density at radius 3 is 2.60 bits per heavy atom. The molecule has 1 aromatic rings. The standard InChI is InChI=1S/C17H25NO2/c1-3-20-17(19)12-16(15-10-7-11-15)18-13(2)14-8-5-4-6-9-14/h4-6,8-9,13,15-16,18H,3,7,10-12H2,1-2H3. The van der Waals surface area contributed by atoms with Crippen molar-refractivity contribution in [1.82, 2.24) is 5.32 Å². The lowest BCUT2D eigenvalue weighted by molar-refractivity contribution is -0.144. The van der Waals surface area contributed by atoms with E-state index >= 15 is 0 Å². The van der Waals surface area contributed by atoms with Gasteiger partial charge in [-0.05, 0) is 38.2 Å². The quantitative estimate of drug-likeness (QED) is 0.774. The van der Waals surface area contributed by atoms with Crippen LogP contribution in [-0.4, -0.2) is 18.6 Å². The Labute approximate surface area is 121 Å². The van der Waals surface area contributed by atoms with Crippen LogP contribution in [0.15, 0.2) is 30.3 Å². The zero-order valence-electron chi connectivity index (χ0n) is 12.5. The van der Waals surface area contributed by atoms with Gasteiger partial charge in [0.2, 0.25) is 0 Å². The monoisotopic (exact) mass is 275 g/mol. The van der Waals surface area contributed by atoms with Crippen molar-refractivity contribution in [1.29, 1.82) is 0 Å². The van der Waals surface area contributed by atoms with Gasteiger partial charge < -0.3 is 10.1 Å². The highest BCUT2D eigenvalue weighted by atomic mass is 16.5. The van der Waals surface area contributed by atoms with Gasteiger partial charge in [-0.1, -0.05) is 36.8 Å². The predicted molar refractivity (Wildman–Crippen MR) is 80.4 cm³/mol. The van der Waals surface area contributed by atoms with Crippen LogP contribution in [0.5, 0.6) is 0 Å². The molecule has 1 N–H and O–H groups in total. The summed E-state index contributed by atoms with van der Waals surface area (Å²) in [7, 11) is 0. The minimum atomic E-state index is -0.0860. The number of carbonyl (C=O) groups excluding carboxylic acids is 1. The van der Waals surface area contributed by atoms with Crippen LogP contribution in [0.2, 0.25) is 0 Å². The molecular weight excluding hydrogens is 250 g/mol. The zero-order chi connectivity index (χ0) is 14.4. The number of carbonyl (C=O) groups is 1.